The Kier molecular flexibility index (Phi) is 11.3. The molecule has 6 rings (SSSR count). The number of amides is 1. The van der Waals surface area contributed by atoms with E-state index in [-0.39, 0.29) is 37.0 Å². The van der Waals surface area contributed by atoms with Crippen molar-refractivity contribution >= 4 is 17.7 Å². The number of carbonyl (C=O) groups is 3. The van der Waals surface area contributed by atoms with Crippen LogP contribution in [0.4, 0.5) is 4.39 Å². The molecule has 8 heteroatoms. The van der Waals surface area contributed by atoms with E-state index >= 15 is 4.39 Å². The number of rotatable bonds is 14. The van der Waals surface area contributed by atoms with Crippen LogP contribution in [0.15, 0.2) is 103 Å². The summed E-state index contributed by atoms with van der Waals surface area (Å²) in [7, 11) is 0. The SMILES string of the molecule is CCCc1ccc(-c2ccc(-c3cnc(-c4ccc(C[C@H](CC(=O)c5ccc(CC(C)C)cc5)C(=O)N5CC(C(=O)O)C5)cc4)nc3)c(F)c2)cc1. The Hall–Kier alpha value is -5.50. The molecular weight excluding hydrogens is 653 g/mol. The van der Waals surface area contributed by atoms with Crippen molar-refractivity contribution in [2.75, 3.05) is 13.1 Å². The third-order valence-electron chi connectivity index (χ3n) is 9.70. The Morgan fingerprint density at radius 1 is 0.769 bits per heavy atom. The van der Waals surface area contributed by atoms with E-state index < -0.39 is 17.8 Å². The molecule has 5 aromatic rings. The highest BCUT2D eigenvalue weighted by molar-refractivity contribution is 5.99. The predicted octanol–water partition coefficient (Wildman–Crippen LogP) is 8.74. The number of benzene rings is 4. The average Bonchev–Trinajstić information content (AvgIpc) is 3.11. The summed E-state index contributed by atoms with van der Waals surface area (Å²) >= 11 is 0. The highest BCUT2D eigenvalue weighted by Gasteiger charge is 2.38. The topological polar surface area (TPSA) is 100 Å². The van der Waals surface area contributed by atoms with E-state index in [0.717, 1.165) is 47.1 Å². The van der Waals surface area contributed by atoms with E-state index in [1.807, 2.05) is 66.7 Å². The summed E-state index contributed by atoms with van der Waals surface area (Å²) in [6, 6.07) is 28.5. The number of hydrogen-bond acceptors (Lipinski definition) is 5. The smallest absolute Gasteiger partial charge is 0.310 e. The van der Waals surface area contributed by atoms with Crippen LogP contribution < -0.4 is 0 Å². The molecule has 0 radical (unpaired) electrons. The zero-order valence-electron chi connectivity index (χ0n) is 29.9. The number of aliphatic carboxylic acids is 1. The van der Waals surface area contributed by atoms with E-state index in [0.29, 0.717) is 34.9 Å². The van der Waals surface area contributed by atoms with Crippen molar-refractivity contribution in [3.8, 4) is 33.6 Å². The number of halogens is 1. The number of aromatic nitrogens is 2. The first kappa shape index (κ1) is 36.3. The Morgan fingerprint density at radius 3 is 1.94 bits per heavy atom. The van der Waals surface area contributed by atoms with Gasteiger partial charge >= 0.3 is 5.97 Å². The van der Waals surface area contributed by atoms with Crippen LogP contribution in [0.25, 0.3) is 33.6 Å². The molecule has 0 saturated carbocycles. The summed E-state index contributed by atoms with van der Waals surface area (Å²) in [6.45, 7) is 6.73. The van der Waals surface area contributed by atoms with Gasteiger partial charge in [-0.1, -0.05) is 112 Å². The second-order valence-electron chi connectivity index (χ2n) is 14.2. The molecule has 4 aromatic carbocycles. The molecule has 1 atom stereocenters. The lowest BCUT2D eigenvalue weighted by Crippen LogP contribution is -2.55. The van der Waals surface area contributed by atoms with Crippen LogP contribution in [0.5, 0.6) is 0 Å². The minimum Gasteiger partial charge on any atom is -0.481 e. The number of likely N-dealkylation sites (tertiary alicyclic amines) is 1. The monoisotopic (exact) mass is 697 g/mol. The van der Waals surface area contributed by atoms with Gasteiger partial charge in [-0.05, 0) is 59.1 Å². The summed E-state index contributed by atoms with van der Waals surface area (Å²) in [5, 5.41) is 9.33. The molecule has 266 valence electrons. The lowest BCUT2D eigenvalue weighted by Gasteiger charge is -2.38. The molecular formula is C44H44FN3O4. The largest absolute Gasteiger partial charge is 0.481 e. The minimum atomic E-state index is -0.921. The number of carboxylic acid groups (broad SMARTS) is 1. The van der Waals surface area contributed by atoms with Gasteiger partial charge in [0.25, 0.3) is 0 Å². The molecule has 1 aromatic heterocycles. The highest BCUT2D eigenvalue weighted by atomic mass is 19.1. The van der Waals surface area contributed by atoms with E-state index in [9.17, 15) is 19.5 Å². The number of Topliss-reactive ketones (excluding diaryl/α,β-unsaturated/α-hetero) is 1. The number of carboxylic acids is 1. The van der Waals surface area contributed by atoms with Crippen molar-refractivity contribution in [2.24, 2.45) is 17.8 Å². The van der Waals surface area contributed by atoms with Crippen molar-refractivity contribution in [1.82, 2.24) is 14.9 Å². The minimum absolute atomic E-state index is 0.0195. The van der Waals surface area contributed by atoms with Gasteiger partial charge in [-0.2, -0.15) is 0 Å². The second kappa shape index (κ2) is 16.2. The number of carbonyl (C=O) groups excluding carboxylic acids is 2. The van der Waals surface area contributed by atoms with Crippen LogP contribution in [0, 0.1) is 23.6 Å². The predicted molar refractivity (Wildman–Crippen MR) is 201 cm³/mol. The second-order valence-corrected chi connectivity index (χ2v) is 14.2. The maximum absolute atomic E-state index is 15.3. The van der Waals surface area contributed by atoms with Crippen molar-refractivity contribution < 1.29 is 23.9 Å². The lowest BCUT2D eigenvalue weighted by molar-refractivity contribution is -0.154. The highest BCUT2D eigenvalue weighted by Crippen LogP contribution is 2.29. The van der Waals surface area contributed by atoms with Gasteiger partial charge in [0.15, 0.2) is 11.6 Å². The molecule has 0 spiro atoms. The quantitative estimate of drug-likeness (QED) is 0.117. The molecule has 0 unspecified atom stereocenters. The molecule has 7 nitrogen and oxygen atoms in total. The molecule has 0 aliphatic carbocycles. The maximum atomic E-state index is 15.3. The number of nitrogens with zero attached hydrogens (tertiary/aromatic N) is 3. The van der Waals surface area contributed by atoms with E-state index in [4.69, 9.17) is 0 Å². The summed E-state index contributed by atoms with van der Waals surface area (Å²) in [6.07, 6.45) is 6.58. The van der Waals surface area contributed by atoms with Crippen molar-refractivity contribution in [3.05, 3.63) is 131 Å². The lowest BCUT2D eigenvalue weighted by atomic mass is 9.88. The Bertz CT molecular complexity index is 2020. The molecule has 0 bridgehead atoms. The fourth-order valence-corrected chi connectivity index (χ4v) is 6.73. The summed E-state index contributed by atoms with van der Waals surface area (Å²) in [5.41, 5.74) is 7.34. The number of aryl methyl sites for hydroxylation is 1. The standard InChI is InChI=1S/C44H44FN3O4/c1-4-5-29-6-12-32(13-7-29)35-18-19-39(40(45)22-35)37-24-46-42(47-25-37)34-16-10-31(11-17-34)21-36(43(50)48-26-38(27-48)44(51)52)23-41(49)33-14-8-30(9-15-33)20-28(2)3/h6-19,22,24-25,28,36,38H,4-5,20-21,23,26-27H2,1-3H3,(H,51,52)/t36-/m1/s1. The Balaban J connectivity index is 1.13. The van der Waals surface area contributed by atoms with Gasteiger partial charge < -0.3 is 10.0 Å². The maximum Gasteiger partial charge on any atom is 0.310 e. The summed E-state index contributed by atoms with van der Waals surface area (Å²) in [4.78, 5) is 48.9. The zero-order valence-corrected chi connectivity index (χ0v) is 29.9. The fourth-order valence-electron chi connectivity index (χ4n) is 6.73. The normalized spacial score (nSPS) is 13.5. The van der Waals surface area contributed by atoms with Crippen molar-refractivity contribution in [2.45, 2.75) is 52.9 Å². The molecule has 1 aliphatic rings. The van der Waals surface area contributed by atoms with Gasteiger partial charge in [0, 0.05) is 60.1 Å². The van der Waals surface area contributed by atoms with Crippen LogP contribution >= 0.6 is 0 Å². The molecule has 1 fully saturated rings. The van der Waals surface area contributed by atoms with Gasteiger partial charge in [-0.25, -0.2) is 14.4 Å². The van der Waals surface area contributed by atoms with Crippen LogP contribution in [-0.2, 0) is 28.9 Å². The number of ketones is 1. The van der Waals surface area contributed by atoms with Gasteiger partial charge in [0.1, 0.15) is 5.82 Å². The molecule has 1 amide bonds. The van der Waals surface area contributed by atoms with Gasteiger partial charge in [0.05, 0.1) is 5.92 Å². The third-order valence-corrected chi connectivity index (χ3v) is 9.70. The number of hydrogen-bond donors (Lipinski definition) is 1. The van der Waals surface area contributed by atoms with E-state index in [1.165, 1.54) is 10.5 Å². The van der Waals surface area contributed by atoms with Crippen LogP contribution in [0.2, 0.25) is 0 Å². The first-order chi connectivity index (χ1) is 25.1. The summed E-state index contributed by atoms with van der Waals surface area (Å²) < 4.78 is 15.3. The average molecular weight is 698 g/mol. The molecule has 1 N–H and O–H groups in total. The van der Waals surface area contributed by atoms with Crippen LogP contribution in [0.3, 0.4) is 0 Å². The van der Waals surface area contributed by atoms with Crippen LogP contribution in [0.1, 0.15) is 60.7 Å². The van der Waals surface area contributed by atoms with Gasteiger partial charge in [-0.15, -0.1) is 0 Å². The molecule has 1 saturated heterocycles. The third kappa shape index (κ3) is 8.68. The first-order valence-electron chi connectivity index (χ1n) is 18.0. The first-order valence-corrected chi connectivity index (χ1v) is 18.0. The van der Waals surface area contributed by atoms with E-state index in [1.54, 1.807) is 24.5 Å². The van der Waals surface area contributed by atoms with Crippen molar-refractivity contribution in [1.29, 1.82) is 0 Å². The molecule has 1 aliphatic heterocycles. The zero-order chi connectivity index (χ0) is 36.8. The van der Waals surface area contributed by atoms with E-state index in [2.05, 4.69) is 42.9 Å². The molecule has 52 heavy (non-hydrogen) atoms. The summed E-state index contributed by atoms with van der Waals surface area (Å²) in [5.74, 6) is -1.85. The Morgan fingerprint density at radius 2 is 1.35 bits per heavy atom. The molecule has 2 heterocycles. The van der Waals surface area contributed by atoms with Crippen LogP contribution in [-0.4, -0.2) is 50.7 Å². The Labute approximate surface area is 304 Å². The fraction of sp³-hybridized carbons (Fsp3) is 0.295. The van der Waals surface area contributed by atoms with Gasteiger partial charge in [-0.3, -0.25) is 14.4 Å². The van der Waals surface area contributed by atoms with Crippen molar-refractivity contribution in [3.63, 3.8) is 0 Å². The van der Waals surface area contributed by atoms with Gasteiger partial charge in [0.2, 0.25) is 5.91 Å².